The Balaban J connectivity index is 1.74. The molecule has 0 radical (unpaired) electrons. The van der Waals surface area contributed by atoms with E-state index in [1.165, 1.54) is 35.1 Å². The van der Waals surface area contributed by atoms with Gasteiger partial charge in [0.15, 0.2) is 5.78 Å². The molecule has 3 rings (SSSR count). The van der Waals surface area contributed by atoms with Crippen LogP contribution in [0.4, 0.5) is 0 Å². The van der Waals surface area contributed by atoms with Gasteiger partial charge in [-0.3, -0.25) is 9.59 Å². The maximum atomic E-state index is 12.9. The minimum absolute atomic E-state index is 0.0840. The van der Waals surface area contributed by atoms with Crippen molar-refractivity contribution in [3.05, 3.63) is 58.6 Å². The van der Waals surface area contributed by atoms with Gasteiger partial charge in [-0.1, -0.05) is 23.7 Å². The third-order valence-electron chi connectivity index (χ3n) is 4.81. The van der Waals surface area contributed by atoms with Crippen LogP contribution in [0.15, 0.2) is 52.3 Å². The number of rotatable bonds is 5. The van der Waals surface area contributed by atoms with Gasteiger partial charge in [0.05, 0.1) is 15.5 Å². The second-order valence-corrected chi connectivity index (χ2v) is 9.85. The first-order valence-electron chi connectivity index (χ1n) is 8.98. The lowest BCUT2D eigenvalue weighted by molar-refractivity contribution is 0.0697. The highest BCUT2D eigenvalue weighted by molar-refractivity contribution is 7.98. The van der Waals surface area contributed by atoms with Crippen LogP contribution < -0.4 is 0 Å². The third kappa shape index (κ3) is 4.66. The van der Waals surface area contributed by atoms with Crippen molar-refractivity contribution in [2.75, 3.05) is 32.4 Å². The van der Waals surface area contributed by atoms with Gasteiger partial charge in [-0.15, -0.1) is 11.8 Å². The van der Waals surface area contributed by atoms with Crippen molar-refractivity contribution in [3.8, 4) is 0 Å². The monoisotopic (exact) mass is 452 g/mol. The molecule has 1 heterocycles. The first-order chi connectivity index (χ1) is 13.7. The Labute approximate surface area is 179 Å². The van der Waals surface area contributed by atoms with Crippen molar-refractivity contribution in [1.82, 2.24) is 9.21 Å². The standard InChI is InChI=1S/C20H21ClN2O4S2/c1-14(24)15-4-3-5-17(12-15)29(26,27)23-10-8-22(9-11-23)20(25)18-13-16(28-2)6-7-19(18)21/h3-7,12-13H,8-11H2,1-2H3. The Bertz CT molecular complexity index is 1050. The SMILES string of the molecule is CSc1ccc(Cl)c(C(=O)N2CCN(S(=O)(=O)c3cccc(C(C)=O)c3)CC2)c1. The fourth-order valence-electron chi connectivity index (χ4n) is 3.12. The maximum absolute atomic E-state index is 12.9. The molecule has 1 fully saturated rings. The molecule has 1 saturated heterocycles. The number of halogens is 1. The van der Waals surface area contributed by atoms with Crippen molar-refractivity contribution in [1.29, 1.82) is 0 Å². The van der Waals surface area contributed by atoms with Gasteiger partial charge in [0.2, 0.25) is 10.0 Å². The smallest absolute Gasteiger partial charge is 0.255 e. The number of thioether (sulfide) groups is 1. The fraction of sp³-hybridized carbons (Fsp3) is 0.300. The predicted molar refractivity (Wildman–Crippen MR) is 114 cm³/mol. The molecule has 0 atom stereocenters. The molecule has 2 aromatic carbocycles. The lowest BCUT2D eigenvalue weighted by Gasteiger charge is -2.34. The number of Topliss-reactive ketones (excluding diaryl/α,β-unsaturated/α-hetero) is 1. The van der Waals surface area contributed by atoms with Crippen LogP contribution in [0, 0.1) is 0 Å². The maximum Gasteiger partial charge on any atom is 0.255 e. The van der Waals surface area contributed by atoms with E-state index in [9.17, 15) is 18.0 Å². The average Bonchev–Trinajstić information content (AvgIpc) is 2.73. The molecular weight excluding hydrogens is 432 g/mol. The number of carbonyl (C=O) groups excluding carboxylic acids is 2. The summed E-state index contributed by atoms with van der Waals surface area (Å²) in [5.74, 6) is -0.400. The van der Waals surface area contributed by atoms with Gasteiger partial charge >= 0.3 is 0 Å². The molecule has 0 spiro atoms. The summed E-state index contributed by atoms with van der Waals surface area (Å²) in [6.07, 6.45) is 1.92. The van der Waals surface area contributed by atoms with Crippen LogP contribution in [-0.2, 0) is 10.0 Å². The predicted octanol–water partition coefficient (Wildman–Crippen LogP) is 3.41. The molecule has 0 saturated carbocycles. The average molecular weight is 453 g/mol. The minimum atomic E-state index is -3.74. The quantitative estimate of drug-likeness (QED) is 0.513. The minimum Gasteiger partial charge on any atom is -0.336 e. The van der Waals surface area contributed by atoms with Crippen LogP contribution in [0.5, 0.6) is 0 Å². The second kappa shape index (κ2) is 8.87. The highest BCUT2D eigenvalue weighted by atomic mass is 35.5. The number of sulfonamides is 1. The summed E-state index contributed by atoms with van der Waals surface area (Å²) in [4.78, 5) is 27.1. The van der Waals surface area contributed by atoms with E-state index in [0.717, 1.165) is 4.90 Å². The summed E-state index contributed by atoms with van der Waals surface area (Å²) >= 11 is 7.72. The van der Waals surface area contributed by atoms with Crippen LogP contribution >= 0.6 is 23.4 Å². The highest BCUT2D eigenvalue weighted by Crippen LogP contribution is 2.25. The van der Waals surface area contributed by atoms with Crippen molar-refractivity contribution >= 4 is 45.1 Å². The first kappa shape index (κ1) is 21.8. The van der Waals surface area contributed by atoms with E-state index >= 15 is 0 Å². The van der Waals surface area contributed by atoms with Gasteiger partial charge < -0.3 is 4.90 Å². The van der Waals surface area contributed by atoms with Gasteiger partial charge in [0.1, 0.15) is 0 Å². The fourth-order valence-corrected chi connectivity index (χ4v) is 5.23. The molecule has 154 valence electrons. The Hall–Kier alpha value is -1.87. The molecular formula is C20H21ClN2O4S2. The van der Waals surface area contributed by atoms with Crippen LogP contribution in [0.2, 0.25) is 5.02 Å². The van der Waals surface area contributed by atoms with Gasteiger partial charge in [-0.25, -0.2) is 8.42 Å². The van der Waals surface area contributed by atoms with E-state index in [2.05, 4.69) is 0 Å². The zero-order valence-electron chi connectivity index (χ0n) is 16.1. The Morgan fingerprint density at radius 2 is 1.72 bits per heavy atom. The molecule has 0 aliphatic carbocycles. The number of hydrogen-bond acceptors (Lipinski definition) is 5. The van der Waals surface area contributed by atoms with E-state index in [0.29, 0.717) is 16.1 Å². The number of piperazine rings is 1. The normalized spacial score (nSPS) is 15.3. The van der Waals surface area contributed by atoms with Gasteiger partial charge in [0, 0.05) is 36.6 Å². The Morgan fingerprint density at radius 1 is 1.03 bits per heavy atom. The van der Waals surface area contributed by atoms with Gasteiger partial charge in [0.25, 0.3) is 5.91 Å². The number of ketones is 1. The van der Waals surface area contributed by atoms with Crippen LogP contribution in [-0.4, -0.2) is 61.7 Å². The molecule has 0 bridgehead atoms. The van der Waals surface area contributed by atoms with E-state index in [1.807, 2.05) is 12.3 Å². The molecule has 0 N–H and O–H groups in total. The van der Waals surface area contributed by atoms with Crippen LogP contribution in [0.3, 0.4) is 0 Å². The summed E-state index contributed by atoms with van der Waals surface area (Å²) in [5, 5.41) is 0.379. The lowest BCUT2D eigenvalue weighted by atomic mass is 10.2. The van der Waals surface area contributed by atoms with Crippen LogP contribution in [0.25, 0.3) is 0 Å². The molecule has 1 amide bonds. The Morgan fingerprint density at radius 3 is 2.34 bits per heavy atom. The molecule has 9 heteroatoms. The van der Waals surface area contributed by atoms with Crippen LogP contribution in [0.1, 0.15) is 27.6 Å². The number of nitrogens with zero attached hydrogens (tertiary/aromatic N) is 2. The summed E-state index contributed by atoms with van der Waals surface area (Å²) in [5.41, 5.74) is 0.771. The highest BCUT2D eigenvalue weighted by Gasteiger charge is 2.31. The number of hydrogen-bond donors (Lipinski definition) is 0. The second-order valence-electron chi connectivity index (χ2n) is 6.63. The van der Waals surface area contributed by atoms with E-state index in [1.54, 1.807) is 29.2 Å². The summed E-state index contributed by atoms with van der Waals surface area (Å²) < 4.78 is 27.2. The third-order valence-corrected chi connectivity index (χ3v) is 7.76. The molecule has 0 unspecified atom stereocenters. The van der Waals surface area contributed by atoms with Crippen molar-refractivity contribution in [2.45, 2.75) is 16.7 Å². The summed E-state index contributed by atoms with van der Waals surface area (Å²) in [7, 11) is -3.74. The molecule has 0 aromatic heterocycles. The molecule has 1 aliphatic rings. The number of amides is 1. The zero-order chi connectivity index (χ0) is 21.2. The van der Waals surface area contributed by atoms with E-state index in [-0.39, 0.29) is 42.8 Å². The van der Waals surface area contributed by atoms with Crippen molar-refractivity contribution in [2.24, 2.45) is 0 Å². The zero-order valence-corrected chi connectivity index (χ0v) is 18.5. The Kier molecular flexibility index (Phi) is 6.68. The molecule has 29 heavy (non-hydrogen) atoms. The summed E-state index contributed by atoms with van der Waals surface area (Å²) in [6, 6.07) is 11.3. The molecule has 2 aromatic rings. The molecule has 6 nitrogen and oxygen atoms in total. The number of benzene rings is 2. The van der Waals surface area contributed by atoms with Crippen molar-refractivity contribution < 1.29 is 18.0 Å². The first-order valence-corrected chi connectivity index (χ1v) is 12.0. The largest absolute Gasteiger partial charge is 0.336 e. The van der Waals surface area contributed by atoms with E-state index in [4.69, 9.17) is 11.6 Å². The topological polar surface area (TPSA) is 74.8 Å². The number of carbonyl (C=O) groups is 2. The van der Waals surface area contributed by atoms with Crippen molar-refractivity contribution in [3.63, 3.8) is 0 Å². The van der Waals surface area contributed by atoms with E-state index < -0.39 is 10.0 Å². The van der Waals surface area contributed by atoms with Gasteiger partial charge in [-0.2, -0.15) is 4.31 Å². The lowest BCUT2D eigenvalue weighted by Crippen LogP contribution is -2.50. The molecule has 1 aliphatic heterocycles. The van der Waals surface area contributed by atoms with Gasteiger partial charge in [-0.05, 0) is 43.5 Å². The summed E-state index contributed by atoms with van der Waals surface area (Å²) in [6.45, 7) is 2.29.